The molecule has 0 aliphatic rings. The minimum Gasteiger partial charge on any atom is -0.506 e. The summed E-state index contributed by atoms with van der Waals surface area (Å²) in [6.07, 6.45) is 0. The molecule has 0 atom stereocenters. The molecule has 0 radical (unpaired) electrons. The van der Waals surface area contributed by atoms with Crippen molar-refractivity contribution in [3.8, 4) is 17.2 Å². The number of rotatable bonds is 5. The zero-order chi connectivity index (χ0) is 15.6. The van der Waals surface area contributed by atoms with Crippen LogP contribution in [0.2, 0.25) is 0 Å². The number of ether oxygens (including phenoxy) is 3. The molecule has 0 fully saturated rings. The summed E-state index contributed by atoms with van der Waals surface area (Å²) in [6, 6.07) is 4.93. The van der Waals surface area contributed by atoms with Crippen LogP contribution in [-0.2, 0) is 11.3 Å². The summed E-state index contributed by atoms with van der Waals surface area (Å²) >= 11 is 0. The number of hydrogen-bond donors (Lipinski definition) is 2. The van der Waals surface area contributed by atoms with E-state index in [2.05, 4.69) is 0 Å². The van der Waals surface area contributed by atoms with E-state index in [9.17, 15) is 15.0 Å². The number of aromatic hydroxyl groups is 1. The second-order valence-electron chi connectivity index (χ2n) is 4.43. The monoisotopic (exact) mass is 292 g/mol. The summed E-state index contributed by atoms with van der Waals surface area (Å²) in [4.78, 5) is 11.4. The number of hydrogen-bond acceptors (Lipinski definition) is 5. The maximum absolute atomic E-state index is 11.4. The number of phenols is 1. The molecule has 2 aromatic carbocycles. The summed E-state index contributed by atoms with van der Waals surface area (Å²) in [5.74, 6) is -0.676. The second-order valence-corrected chi connectivity index (χ2v) is 4.43. The number of benzene rings is 2. The first kappa shape index (κ1) is 14.9. The lowest BCUT2D eigenvalue weighted by molar-refractivity contribution is 0.0689. The van der Waals surface area contributed by atoms with Crippen LogP contribution in [0.5, 0.6) is 17.2 Å². The molecule has 0 spiro atoms. The first-order chi connectivity index (χ1) is 10.0. The highest BCUT2D eigenvalue weighted by molar-refractivity contribution is 6.04. The van der Waals surface area contributed by atoms with Gasteiger partial charge in [-0.3, -0.25) is 0 Å². The van der Waals surface area contributed by atoms with E-state index in [1.807, 2.05) is 0 Å². The minimum absolute atomic E-state index is 0.0741. The lowest BCUT2D eigenvalue weighted by Gasteiger charge is -2.14. The topological polar surface area (TPSA) is 85.2 Å². The van der Waals surface area contributed by atoms with Crippen LogP contribution >= 0.6 is 0 Å². The van der Waals surface area contributed by atoms with Gasteiger partial charge in [0, 0.05) is 13.2 Å². The fraction of sp³-hybridized carbons (Fsp3) is 0.267. The Kier molecular flexibility index (Phi) is 4.18. The molecule has 2 rings (SSSR count). The molecule has 0 unspecified atom stereocenters. The third-order valence-electron chi connectivity index (χ3n) is 3.20. The smallest absolute Gasteiger partial charge is 0.339 e. The van der Waals surface area contributed by atoms with E-state index in [1.165, 1.54) is 21.3 Å². The number of aromatic carboxylic acids is 1. The average molecular weight is 292 g/mol. The molecule has 6 nitrogen and oxygen atoms in total. The number of methoxy groups -OCH3 is 3. The summed E-state index contributed by atoms with van der Waals surface area (Å²) in [7, 11) is 4.42. The van der Waals surface area contributed by atoms with Gasteiger partial charge < -0.3 is 24.4 Å². The Labute approximate surface area is 121 Å². The van der Waals surface area contributed by atoms with Crippen LogP contribution in [0.15, 0.2) is 18.2 Å². The average Bonchev–Trinajstić information content (AvgIpc) is 2.45. The van der Waals surface area contributed by atoms with Crippen LogP contribution in [0, 0.1) is 0 Å². The molecule has 0 aliphatic heterocycles. The first-order valence-electron chi connectivity index (χ1n) is 6.16. The Balaban J connectivity index is 2.88. The number of carbonyl (C=O) groups is 1. The predicted molar refractivity (Wildman–Crippen MR) is 76.4 cm³/mol. The third kappa shape index (κ3) is 2.57. The van der Waals surface area contributed by atoms with Gasteiger partial charge >= 0.3 is 5.97 Å². The third-order valence-corrected chi connectivity index (χ3v) is 3.20. The summed E-state index contributed by atoms with van der Waals surface area (Å²) in [6.45, 7) is 0.0741. The first-order valence-corrected chi connectivity index (χ1v) is 6.16. The zero-order valence-electron chi connectivity index (χ0n) is 12.0. The molecule has 0 heterocycles. The molecular formula is C15H16O6. The van der Waals surface area contributed by atoms with Crippen molar-refractivity contribution in [3.63, 3.8) is 0 Å². The Morgan fingerprint density at radius 3 is 2.38 bits per heavy atom. The Bertz CT molecular complexity index is 692. The number of carboxylic acid groups (broad SMARTS) is 1. The molecule has 0 amide bonds. The van der Waals surface area contributed by atoms with Crippen molar-refractivity contribution in [3.05, 3.63) is 29.3 Å². The molecule has 0 bridgehead atoms. The van der Waals surface area contributed by atoms with E-state index in [0.717, 1.165) is 0 Å². The molecule has 0 aromatic heterocycles. The highest BCUT2D eigenvalue weighted by atomic mass is 16.5. The fourth-order valence-corrected chi connectivity index (χ4v) is 2.30. The quantitative estimate of drug-likeness (QED) is 0.880. The molecule has 0 saturated carbocycles. The van der Waals surface area contributed by atoms with Crippen LogP contribution in [0.25, 0.3) is 10.8 Å². The molecule has 112 valence electrons. The van der Waals surface area contributed by atoms with Crippen LogP contribution in [0.4, 0.5) is 0 Å². The Morgan fingerprint density at radius 1 is 1.14 bits per heavy atom. The predicted octanol–water partition coefficient (Wildman–Crippen LogP) is 2.41. The van der Waals surface area contributed by atoms with Crippen LogP contribution < -0.4 is 9.47 Å². The van der Waals surface area contributed by atoms with Gasteiger partial charge in [0.2, 0.25) is 0 Å². The maximum atomic E-state index is 11.4. The van der Waals surface area contributed by atoms with Crippen molar-refractivity contribution in [1.82, 2.24) is 0 Å². The van der Waals surface area contributed by atoms with Crippen molar-refractivity contribution in [2.45, 2.75) is 6.61 Å². The van der Waals surface area contributed by atoms with Gasteiger partial charge in [0.05, 0.1) is 26.2 Å². The number of carboxylic acids is 1. The van der Waals surface area contributed by atoms with E-state index in [-0.39, 0.29) is 17.9 Å². The molecule has 0 saturated heterocycles. The second kappa shape index (κ2) is 5.88. The van der Waals surface area contributed by atoms with Gasteiger partial charge in [-0.2, -0.15) is 0 Å². The van der Waals surface area contributed by atoms with Gasteiger partial charge in [-0.15, -0.1) is 0 Å². The molecule has 2 N–H and O–H groups in total. The van der Waals surface area contributed by atoms with Gasteiger partial charge in [0.1, 0.15) is 22.8 Å². The molecule has 0 aliphatic carbocycles. The lowest BCUT2D eigenvalue weighted by Crippen LogP contribution is -2.05. The normalized spacial score (nSPS) is 10.6. The van der Waals surface area contributed by atoms with Crippen molar-refractivity contribution >= 4 is 16.7 Å². The highest BCUT2D eigenvalue weighted by Gasteiger charge is 2.21. The standard InChI is InChI=1S/C15H16O6/c1-19-7-9-4-8-5-10(20-2)6-11(21-3)12(8)14(16)13(9)15(17)18/h4-6,16H,7H2,1-3H3,(H,17,18). The van der Waals surface area contributed by atoms with Gasteiger partial charge in [0.15, 0.2) is 0 Å². The van der Waals surface area contributed by atoms with E-state index >= 15 is 0 Å². The van der Waals surface area contributed by atoms with Gasteiger partial charge in [-0.25, -0.2) is 4.79 Å². The van der Waals surface area contributed by atoms with Crippen molar-refractivity contribution in [2.75, 3.05) is 21.3 Å². The van der Waals surface area contributed by atoms with E-state index < -0.39 is 5.97 Å². The lowest BCUT2D eigenvalue weighted by atomic mass is 9.98. The summed E-state index contributed by atoms with van der Waals surface area (Å²) in [5.41, 5.74) is 0.193. The van der Waals surface area contributed by atoms with Gasteiger partial charge in [-0.1, -0.05) is 0 Å². The zero-order valence-corrected chi connectivity index (χ0v) is 12.0. The van der Waals surface area contributed by atoms with E-state index in [0.29, 0.717) is 27.8 Å². The van der Waals surface area contributed by atoms with Crippen molar-refractivity contribution in [2.24, 2.45) is 0 Å². The van der Waals surface area contributed by atoms with Gasteiger partial charge in [0.25, 0.3) is 0 Å². The molecule has 2 aromatic rings. The minimum atomic E-state index is -1.22. The summed E-state index contributed by atoms with van der Waals surface area (Å²) < 4.78 is 15.4. The Hall–Kier alpha value is -2.47. The highest BCUT2D eigenvalue weighted by Crippen LogP contribution is 2.40. The fourth-order valence-electron chi connectivity index (χ4n) is 2.30. The number of fused-ring (bicyclic) bond motifs is 1. The summed E-state index contributed by atoms with van der Waals surface area (Å²) in [5, 5.41) is 20.6. The largest absolute Gasteiger partial charge is 0.506 e. The van der Waals surface area contributed by atoms with Gasteiger partial charge in [-0.05, 0) is 23.1 Å². The van der Waals surface area contributed by atoms with Crippen LogP contribution in [-0.4, -0.2) is 37.5 Å². The SMILES string of the molecule is COCc1cc2cc(OC)cc(OC)c2c(O)c1C(=O)O. The van der Waals surface area contributed by atoms with Crippen LogP contribution in [0.3, 0.4) is 0 Å². The van der Waals surface area contributed by atoms with E-state index in [1.54, 1.807) is 18.2 Å². The van der Waals surface area contributed by atoms with Crippen LogP contribution in [0.1, 0.15) is 15.9 Å². The molecule has 21 heavy (non-hydrogen) atoms. The van der Waals surface area contributed by atoms with Crippen molar-refractivity contribution < 1.29 is 29.2 Å². The van der Waals surface area contributed by atoms with Crippen molar-refractivity contribution in [1.29, 1.82) is 0 Å². The van der Waals surface area contributed by atoms with E-state index in [4.69, 9.17) is 14.2 Å². The molecule has 6 heteroatoms. The molecular weight excluding hydrogens is 276 g/mol. The maximum Gasteiger partial charge on any atom is 0.339 e. The Morgan fingerprint density at radius 2 is 1.86 bits per heavy atom.